The first kappa shape index (κ1) is 15.7. The maximum atomic E-state index is 12.6. The lowest BCUT2D eigenvalue weighted by Crippen LogP contribution is -2.56. The van der Waals surface area contributed by atoms with Crippen molar-refractivity contribution in [2.45, 2.75) is 26.9 Å². The molecule has 0 N–H and O–H groups in total. The van der Waals surface area contributed by atoms with E-state index in [0.29, 0.717) is 18.8 Å². The smallest absolute Gasteiger partial charge is 0.274 e. The van der Waals surface area contributed by atoms with E-state index in [1.54, 1.807) is 11.1 Å². The Kier molecular flexibility index (Phi) is 3.71. The van der Waals surface area contributed by atoms with Crippen LogP contribution in [-0.2, 0) is 0 Å². The predicted octanol–water partition coefficient (Wildman–Crippen LogP) is 3.16. The zero-order chi connectivity index (χ0) is 17.6. The number of imidazole rings is 1. The maximum Gasteiger partial charge on any atom is 0.274 e. The Bertz CT molecular complexity index is 934. The zero-order valence-corrected chi connectivity index (χ0v) is 14.7. The van der Waals surface area contributed by atoms with Gasteiger partial charge in [0, 0.05) is 12.4 Å². The highest BCUT2D eigenvalue weighted by Gasteiger charge is 2.34. The summed E-state index contributed by atoms with van der Waals surface area (Å²) in [6, 6.07) is 10.1. The molecule has 1 amide bonds. The maximum absolute atomic E-state index is 12.6. The molecule has 1 fully saturated rings. The molecule has 0 unspecified atom stereocenters. The van der Waals surface area contributed by atoms with E-state index in [9.17, 15) is 4.79 Å². The van der Waals surface area contributed by atoms with Gasteiger partial charge in [-0.25, -0.2) is 4.98 Å². The van der Waals surface area contributed by atoms with Crippen LogP contribution in [0.25, 0.3) is 5.65 Å². The molecule has 1 aliphatic heterocycles. The van der Waals surface area contributed by atoms with Crippen molar-refractivity contribution in [2.24, 2.45) is 0 Å². The van der Waals surface area contributed by atoms with Crippen molar-refractivity contribution in [1.29, 1.82) is 0 Å². The molecular formula is C20H21N3O2. The molecule has 0 aliphatic carbocycles. The Hall–Kier alpha value is -2.82. The number of carbonyl (C=O) groups is 1. The molecule has 0 atom stereocenters. The van der Waals surface area contributed by atoms with Crippen LogP contribution in [0.2, 0.25) is 0 Å². The molecule has 4 rings (SSSR count). The number of fused-ring (bicyclic) bond motifs is 1. The van der Waals surface area contributed by atoms with Gasteiger partial charge in [0.2, 0.25) is 0 Å². The number of likely N-dealkylation sites (tertiary alicyclic amines) is 1. The molecule has 1 saturated heterocycles. The second-order valence-electron chi connectivity index (χ2n) is 6.72. The van der Waals surface area contributed by atoms with Gasteiger partial charge < -0.3 is 14.0 Å². The standard InChI is InChI=1S/C20H21N3O2/c1-13-6-4-7-14(2)18(13)25-16-10-23(11-16)20(24)17-12-22-9-5-8-15(3)19(22)21-17/h4-9,12,16H,10-11H2,1-3H3. The minimum Gasteiger partial charge on any atom is -0.486 e. The van der Waals surface area contributed by atoms with E-state index in [0.717, 1.165) is 28.1 Å². The lowest BCUT2D eigenvalue weighted by atomic mass is 10.1. The molecule has 0 saturated carbocycles. The lowest BCUT2D eigenvalue weighted by molar-refractivity contribution is 0.0169. The molecule has 0 radical (unpaired) electrons. The average Bonchev–Trinajstić information content (AvgIpc) is 2.98. The van der Waals surface area contributed by atoms with Gasteiger partial charge in [-0.15, -0.1) is 0 Å². The number of rotatable bonds is 3. The highest BCUT2D eigenvalue weighted by molar-refractivity contribution is 5.93. The molecule has 1 aliphatic rings. The zero-order valence-electron chi connectivity index (χ0n) is 14.7. The Labute approximate surface area is 146 Å². The fourth-order valence-electron chi connectivity index (χ4n) is 3.25. The second kappa shape index (κ2) is 5.92. The van der Waals surface area contributed by atoms with Gasteiger partial charge in [0.05, 0.1) is 13.1 Å². The third-order valence-corrected chi connectivity index (χ3v) is 4.73. The summed E-state index contributed by atoms with van der Waals surface area (Å²) in [5.74, 6) is 0.896. The first-order chi connectivity index (χ1) is 12.0. The Morgan fingerprint density at radius 2 is 1.76 bits per heavy atom. The van der Waals surface area contributed by atoms with Gasteiger partial charge in [0.25, 0.3) is 5.91 Å². The second-order valence-corrected chi connectivity index (χ2v) is 6.72. The van der Waals surface area contributed by atoms with Crippen LogP contribution in [0.1, 0.15) is 27.2 Å². The predicted molar refractivity (Wildman–Crippen MR) is 96.2 cm³/mol. The van der Waals surface area contributed by atoms with Crippen LogP contribution in [0.5, 0.6) is 5.75 Å². The summed E-state index contributed by atoms with van der Waals surface area (Å²) in [5, 5.41) is 0. The molecule has 0 bridgehead atoms. The van der Waals surface area contributed by atoms with Gasteiger partial charge in [-0.05, 0) is 43.5 Å². The number of carbonyl (C=O) groups excluding carboxylic acids is 1. The van der Waals surface area contributed by atoms with E-state index in [-0.39, 0.29) is 12.0 Å². The number of hydrogen-bond donors (Lipinski definition) is 0. The molecule has 5 heteroatoms. The third kappa shape index (κ3) is 2.76. The van der Waals surface area contributed by atoms with Crippen molar-refractivity contribution in [3.63, 3.8) is 0 Å². The number of para-hydroxylation sites is 1. The monoisotopic (exact) mass is 335 g/mol. The lowest BCUT2D eigenvalue weighted by Gasteiger charge is -2.39. The average molecular weight is 335 g/mol. The number of aryl methyl sites for hydroxylation is 3. The van der Waals surface area contributed by atoms with Crippen molar-refractivity contribution in [2.75, 3.05) is 13.1 Å². The normalized spacial score (nSPS) is 14.6. The van der Waals surface area contributed by atoms with Gasteiger partial charge in [0.15, 0.2) is 0 Å². The van der Waals surface area contributed by atoms with Crippen LogP contribution < -0.4 is 4.74 Å². The van der Waals surface area contributed by atoms with Gasteiger partial charge >= 0.3 is 0 Å². The van der Waals surface area contributed by atoms with E-state index >= 15 is 0 Å². The van der Waals surface area contributed by atoms with Crippen molar-refractivity contribution >= 4 is 11.6 Å². The van der Waals surface area contributed by atoms with Crippen LogP contribution >= 0.6 is 0 Å². The first-order valence-corrected chi connectivity index (χ1v) is 8.49. The summed E-state index contributed by atoms with van der Waals surface area (Å²) in [4.78, 5) is 18.9. The molecule has 3 aromatic rings. The largest absolute Gasteiger partial charge is 0.486 e. The van der Waals surface area contributed by atoms with E-state index in [4.69, 9.17) is 4.74 Å². The van der Waals surface area contributed by atoms with Crippen molar-refractivity contribution in [3.8, 4) is 5.75 Å². The van der Waals surface area contributed by atoms with Gasteiger partial charge in [-0.2, -0.15) is 0 Å². The third-order valence-electron chi connectivity index (χ3n) is 4.73. The van der Waals surface area contributed by atoms with Crippen molar-refractivity contribution < 1.29 is 9.53 Å². The summed E-state index contributed by atoms with van der Waals surface area (Å²) in [7, 11) is 0. The van der Waals surface area contributed by atoms with Gasteiger partial charge in [0.1, 0.15) is 23.2 Å². The van der Waals surface area contributed by atoms with Crippen LogP contribution in [0, 0.1) is 20.8 Å². The fourth-order valence-corrected chi connectivity index (χ4v) is 3.25. The minimum atomic E-state index is -0.0375. The van der Waals surface area contributed by atoms with E-state index in [1.807, 2.05) is 61.7 Å². The topological polar surface area (TPSA) is 46.8 Å². The summed E-state index contributed by atoms with van der Waals surface area (Å²) in [6.45, 7) is 7.28. The van der Waals surface area contributed by atoms with E-state index in [2.05, 4.69) is 4.98 Å². The molecule has 3 heterocycles. The number of ether oxygens (including phenoxy) is 1. The fraction of sp³-hybridized carbons (Fsp3) is 0.300. The van der Waals surface area contributed by atoms with Crippen molar-refractivity contribution in [3.05, 3.63) is 65.1 Å². The molecule has 2 aromatic heterocycles. The number of benzene rings is 1. The molecule has 1 aromatic carbocycles. The van der Waals surface area contributed by atoms with Crippen LogP contribution in [0.4, 0.5) is 0 Å². The van der Waals surface area contributed by atoms with Gasteiger partial charge in [-0.3, -0.25) is 4.79 Å². The number of hydrogen-bond acceptors (Lipinski definition) is 3. The van der Waals surface area contributed by atoms with Crippen LogP contribution in [-0.4, -0.2) is 39.4 Å². The summed E-state index contributed by atoms with van der Waals surface area (Å²) >= 11 is 0. The Balaban J connectivity index is 1.44. The summed E-state index contributed by atoms with van der Waals surface area (Å²) in [5.41, 5.74) is 4.62. The highest BCUT2D eigenvalue weighted by atomic mass is 16.5. The number of aromatic nitrogens is 2. The number of amides is 1. The van der Waals surface area contributed by atoms with Gasteiger partial charge in [-0.1, -0.05) is 24.3 Å². The summed E-state index contributed by atoms with van der Waals surface area (Å²) in [6.07, 6.45) is 3.75. The highest BCUT2D eigenvalue weighted by Crippen LogP contribution is 2.26. The Morgan fingerprint density at radius 1 is 1.08 bits per heavy atom. The van der Waals surface area contributed by atoms with Crippen molar-refractivity contribution in [1.82, 2.24) is 14.3 Å². The molecule has 5 nitrogen and oxygen atoms in total. The minimum absolute atomic E-state index is 0.0375. The number of nitrogens with zero attached hydrogens (tertiary/aromatic N) is 3. The molecule has 25 heavy (non-hydrogen) atoms. The SMILES string of the molecule is Cc1cccc(C)c1OC1CN(C(=O)c2cn3cccc(C)c3n2)C1. The van der Waals surface area contributed by atoms with Crippen LogP contribution in [0.3, 0.4) is 0 Å². The molecule has 128 valence electrons. The Morgan fingerprint density at radius 3 is 2.44 bits per heavy atom. The molecular weight excluding hydrogens is 314 g/mol. The first-order valence-electron chi connectivity index (χ1n) is 8.49. The van der Waals surface area contributed by atoms with E-state index < -0.39 is 0 Å². The quantitative estimate of drug-likeness (QED) is 0.739. The molecule has 0 spiro atoms. The number of pyridine rings is 1. The summed E-state index contributed by atoms with van der Waals surface area (Å²) < 4.78 is 7.98. The van der Waals surface area contributed by atoms with E-state index in [1.165, 1.54) is 0 Å². The van der Waals surface area contributed by atoms with Crippen LogP contribution in [0.15, 0.2) is 42.7 Å².